The van der Waals surface area contributed by atoms with Gasteiger partial charge in [0, 0.05) is 34.9 Å². The minimum Gasteiger partial charge on any atom is -0.497 e. The third-order valence-electron chi connectivity index (χ3n) is 2.76. The highest BCUT2D eigenvalue weighted by molar-refractivity contribution is 9.10. The molecule has 0 fully saturated rings. The minimum absolute atomic E-state index is 0.251. The van der Waals surface area contributed by atoms with Gasteiger partial charge in [-0.05, 0) is 39.7 Å². The average Bonchev–Trinajstić information content (AvgIpc) is 2.38. The number of benzene rings is 1. The molecule has 2 rings (SSSR count). The van der Waals surface area contributed by atoms with Crippen molar-refractivity contribution in [2.75, 3.05) is 7.11 Å². The van der Waals surface area contributed by atoms with Crippen molar-refractivity contribution in [1.82, 2.24) is 4.98 Å². The molecule has 0 saturated heterocycles. The standard InChI is InChI=1S/C14H13BrFNO2/c1-19-11-2-3-12(13(16)6-11)14(18)5-9-4-10(15)8-17-7-9/h2-4,6-8,14,18H,5H2,1H3. The molecule has 1 atom stereocenters. The second kappa shape index (κ2) is 6.12. The van der Waals surface area contributed by atoms with Gasteiger partial charge >= 0.3 is 0 Å². The highest BCUT2D eigenvalue weighted by Crippen LogP contribution is 2.25. The van der Waals surface area contributed by atoms with Crippen LogP contribution in [-0.4, -0.2) is 17.2 Å². The molecule has 0 bridgehead atoms. The van der Waals surface area contributed by atoms with Gasteiger partial charge in [0.05, 0.1) is 13.2 Å². The maximum Gasteiger partial charge on any atom is 0.132 e. The molecule has 1 N–H and O–H groups in total. The fourth-order valence-corrected chi connectivity index (χ4v) is 2.22. The van der Waals surface area contributed by atoms with Crippen molar-refractivity contribution >= 4 is 15.9 Å². The molecule has 0 aliphatic rings. The summed E-state index contributed by atoms with van der Waals surface area (Å²) < 4.78 is 19.6. The monoisotopic (exact) mass is 325 g/mol. The molecule has 0 radical (unpaired) electrons. The zero-order valence-electron chi connectivity index (χ0n) is 10.3. The molecule has 0 aliphatic heterocycles. The number of aromatic nitrogens is 1. The van der Waals surface area contributed by atoms with Crippen molar-refractivity contribution in [1.29, 1.82) is 0 Å². The van der Waals surface area contributed by atoms with Crippen LogP contribution in [0.3, 0.4) is 0 Å². The lowest BCUT2D eigenvalue weighted by Crippen LogP contribution is -2.05. The largest absolute Gasteiger partial charge is 0.497 e. The van der Waals surface area contributed by atoms with Crippen LogP contribution in [0, 0.1) is 5.82 Å². The van der Waals surface area contributed by atoms with Crippen molar-refractivity contribution in [3.8, 4) is 5.75 Å². The number of hydrogen-bond donors (Lipinski definition) is 1. The highest BCUT2D eigenvalue weighted by Gasteiger charge is 2.14. The number of hydrogen-bond acceptors (Lipinski definition) is 3. The van der Waals surface area contributed by atoms with Gasteiger partial charge < -0.3 is 9.84 Å². The molecular weight excluding hydrogens is 313 g/mol. The van der Waals surface area contributed by atoms with E-state index in [0.717, 1.165) is 10.0 Å². The Morgan fingerprint density at radius 3 is 2.79 bits per heavy atom. The summed E-state index contributed by atoms with van der Waals surface area (Å²) >= 11 is 3.31. The molecule has 0 spiro atoms. The van der Waals surface area contributed by atoms with E-state index in [0.29, 0.717) is 12.2 Å². The lowest BCUT2D eigenvalue weighted by atomic mass is 10.0. The van der Waals surface area contributed by atoms with Crippen LogP contribution in [-0.2, 0) is 6.42 Å². The predicted molar refractivity (Wildman–Crippen MR) is 73.6 cm³/mol. The smallest absolute Gasteiger partial charge is 0.132 e. The molecule has 1 aromatic heterocycles. The van der Waals surface area contributed by atoms with Crippen LogP contribution in [0.15, 0.2) is 41.1 Å². The Morgan fingerprint density at radius 2 is 2.16 bits per heavy atom. The van der Waals surface area contributed by atoms with E-state index in [4.69, 9.17) is 4.74 Å². The first-order valence-electron chi connectivity index (χ1n) is 5.71. The number of nitrogens with zero attached hydrogens (tertiary/aromatic N) is 1. The van der Waals surface area contributed by atoms with E-state index in [-0.39, 0.29) is 5.56 Å². The molecule has 1 aromatic carbocycles. The maximum atomic E-state index is 13.8. The van der Waals surface area contributed by atoms with Crippen LogP contribution >= 0.6 is 15.9 Å². The van der Waals surface area contributed by atoms with Gasteiger partial charge in [-0.1, -0.05) is 0 Å². The van der Waals surface area contributed by atoms with Gasteiger partial charge in [0.25, 0.3) is 0 Å². The molecule has 0 amide bonds. The van der Waals surface area contributed by atoms with Gasteiger partial charge in [-0.25, -0.2) is 4.39 Å². The van der Waals surface area contributed by atoms with Crippen molar-refractivity contribution in [3.05, 3.63) is 58.1 Å². The van der Waals surface area contributed by atoms with E-state index in [1.165, 1.54) is 19.2 Å². The van der Waals surface area contributed by atoms with Crippen molar-refractivity contribution in [2.24, 2.45) is 0 Å². The number of methoxy groups -OCH3 is 1. The molecule has 3 nitrogen and oxygen atoms in total. The molecular formula is C14H13BrFNO2. The molecule has 2 aromatic rings. The molecule has 100 valence electrons. The van der Waals surface area contributed by atoms with E-state index in [1.807, 2.05) is 6.07 Å². The quantitative estimate of drug-likeness (QED) is 0.938. The lowest BCUT2D eigenvalue weighted by Gasteiger charge is -2.13. The molecule has 0 aliphatic carbocycles. The van der Waals surface area contributed by atoms with Crippen molar-refractivity contribution < 1.29 is 14.2 Å². The average molecular weight is 326 g/mol. The summed E-state index contributed by atoms with van der Waals surface area (Å²) in [5.74, 6) is -0.0487. The van der Waals surface area contributed by atoms with E-state index in [9.17, 15) is 9.50 Å². The highest BCUT2D eigenvalue weighted by atomic mass is 79.9. The first kappa shape index (κ1) is 14.0. The molecule has 5 heteroatoms. The van der Waals surface area contributed by atoms with E-state index in [2.05, 4.69) is 20.9 Å². The van der Waals surface area contributed by atoms with Gasteiger partial charge in [-0.2, -0.15) is 0 Å². The van der Waals surface area contributed by atoms with Gasteiger partial charge in [0.1, 0.15) is 11.6 Å². The van der Waals surface area contributed by atoms with Gasteiger partial charge in [-0.3, -0.25) is 4.98 Å². The summed E-state index contributed by atoms with van der Waals surface area (Å²) in [6.07, 6.45) is 2.69. The number of rotatable bonds is 4. The Balaban J connectivity index is 2.18. The van der Waals surface area contributed by atoms with Crippen molar-refractivity contribution in [3.63, 3.8) is 0 Å². The molecule has 19 heavy (non-hydrogen) atoms. The predicted octanol–water partition coefficient (Wildman–Crippen LogP) is 3.27. The number of halogens is 2. The fraction of sp³-hybridized carbons (Fsp3) is 0.214. The number of aliphatic hydroxyl groups excluding tert-OH is 1. The lowest BCUT2D eigenvalue weighted by molar-refractivity contribution is 0.173. The number of aliphatic hydroxyl groups is 1. The third kappa shape index (κ3) is 3.52. The summed E-state index contributed by atoms with van der Waals surface area (Å²) in [6, 6.07) is 6.26. The third-order valence-corrected chi connectivity index (χ3v) is 3.19. The van der Waals surface area contributed by atoms with Crippen LogP contribution in [0.1, 0.15) is 17.2 Å². The zero-order valence-corrected chi connectivity index (χ0v) is 11.9. The maximum absolute atomic E-state index is 13.8. The summed E-state index contributed by atoms with van der Waals surface area (Å²) in [5.41, 5.74) is 1.08. The second-order valence-electron chi connectivity index (χ2n) is 4.12. The van der Waals surface area contributed by atoms with Crippen LogP contribution in [0.4, 0.5) is 4.39 Å². The minimum atomic E-state index is -0.915. The summed E-state index contributed by atoms with van der Waals surface area (Å²) in [4.78, 5) is 4.01. The van der Waals surface area contributed by atoms with E-state index < -0.39 is 11.9 Å². The van der Waals surface area contributed by atoms with Crippen molar-refractivity contribution in [2.45, 2.75) is 12.5 Å². The van der Waals surface area contributed by atoms with Crippen LogP contribution in [0.2, 0.25) is 0 Å². The fourth-order valence-electron chi connectivity index (χ4n) is 1.81. The summed E-state index contributed by atoms with van der Waals surface area (Å²) in [5, 5.41) is 10.1. The Morgan fingerprint density at radius 1 is 1.37 bits per heavy atom. The van der Waals surface area contributed by atoms with Gasteiger partial charge in [-0.15, -0.1) is 0 Å². The number of ether oxygens (including phenoxy) is 1. The Hall–Kier alpha value is -1.46. The molecule has 0 saturated carbocycles. The zero-order chi connectivity index (χ0) is 13.8. The van der Waals surface area contributed by atoms with Gasteiger partial charge in [0.2, 0.25) is 0 Å². The molecule has 1 unspecified atom stereocenters. The Labute approximate surface area is 119 Å². The van der Waals surface area contributed by atoms with E-state index >= 15 is 0 Å². The van der Waals surface area contributed by atoms with Crippen LogP contribution in [0.5, 0.6) is 5.75 Å². The Kier molecular flexibility index (Phi) is 4.50. The summed E-state index contributed by atoms with van der Waals surface area (Å²) in [6.45, 7) is 0. The SMILES string of the molecule is COc1ccc(C(O)Cc2cncc(Br)c2)c(F)c1. The normalized spacial score (nSPS) is 12.2. The Bertz CT molecular complexity index is 577. The second-order valence-corrected chi connectivity index (χ2v) is 5.03. The first-order chi connectivity index (χ1) is 9.10. The van der Waals surface area contributed by atoms with Gasteiger partial charge in [0.15, 0.2) is 0 Å². The van der Waals surface area contributed by atoms with E-state index in [1.54, 1.807) is 18.5 Å². The topological polar surface area (TPSA) is 42.4 Å². The first-order valence-corrected chi connectivity index (χ1v) is 6.50. The van der Waals surface area contributed by atoms with Crippen LogP contribution < -0.4 is 4.74 Å². The number of pyridine rings is 1. The van der Waals surface area contributed by atoms with Crippen LogP contribution in [0.25, 0.3) is 0 Å². The summed E-state index contributed by atoms with van der Waals surface area (Å²) in [7, 11) is 1.47. The molecule has 1 heterocycles.